The van der Waals surface area contributed by atoms with Crippen LogP contribution in [0.3, 0.4) is 0 Å². The van der Waals surface area contributed by atoms with Crippen molar-refractivity contribution in [2.75, 3.05) is 24.2 Å². The van der Waals surface area contributed by atoms with Crippen LogP contribution in [0.4, 0.5) is 18.9 Å². The third-order valence-corrected chi connectivity index (χ3v) is 2.46. The van der Waals surface area contributed by atoms with Gasteiger partial charge in [0, 0.05) is 18.4 Å². The molecule has 0 saturated carbocycles. The molecule has 1 N–H and O–H groups in total. The van der Waals surface area contributed by atoms with Crippen molar-refractivity contribution < 1.29 is 17.9 Å². The lowest BCUT2D eigenvalue weighted by Gasteiger charge is -2.08. The summed E-state index contributed by atoms with van der Waals surface area (Å²) in [6.07, 6.45) is 1.53. The number of thioether (sulfide) groups is 1. The number of hydrogen-bond acceptors (Lipinski definition) is 4. The third kappa shape index (κ3) is 6.25. The number of aromatic nitrogens is 1. The first kappa shape index (κ1) is 14.0. The van der Waals surface area contributed by atoms with Gasteiger partial charge in [-0.1, -0.05) is 0 Å². The summed E-state index contributed by atoms with van der Waals surface area (Å²) in [5.41, 5.74) is -3.49. The fourth-order valence-electron chi connectivity index (χ4n) is 1.08. The summed E-state index contributed by atoms with van der Waals surface area (Å²) < 4.78 is 40.6. The standard InChI is InChI=1S/C10H13F3N2OS/c1-2-16-9-4-3-8(7-15-9)14-5-6-17-10(11,12)13/h3-4,7,14H,2,5-6H2,1H3. The molecule has 0 aliphatic rings. The highest BCUT2D eigenvalue weighted by atomic mass is 32.2. The van der Waals surface area contributed by atoms with E-state index < -0.39 is 5.51 Å². The maximum atomic E-state index is 11.8. The van der Waals surface area contributed by atoms with Crippen molar-refractivity contribution in [3.8, 4) is 5.88 Å². The maximum absolute atomic E-state index is 11.8. The van der Waals surface area contributed by atoms with Gasteiger partial charge < -0.3 is 10.1 Å². The van der Waals surface area contributed by atoms with Crippen LogP contribution >= 0.6 is 11.8 Å². The summed E-state index contributed by atoms with van der Waals surface area (Å²) in [6, 6.07) is 3.39. The highest BCUT2D eigenvalue weighted by Crippen LogP contribution is 2.29. The Morgan fingerprint density at radius 3 is 2.71 bits per heavy atom. The van der Waals surface area contributed by atoms with Crippen molar-refractivity contribution in [3.63, 3.8) is 0 Å². The Labute approximate surface area is 102 Å². The number of alkyl halides is 3. The number of pyridine rings is 1. The minimum absolute atomic E-state index is 0.0310. The molecule has 1 aromatic rings. The molecule has 0 saturated heterocycles. The molecule has 0 radical (unpaired) electrons. The summed E-state index contributed by atoms with van der Waals surface area (Å²) in [5.74, 6) is 0.471. The van der Waals surface area contributed by atoms with Gasteiger partial charge in [-0.3, -0.25) is 0 Å². The average Bonchev–Trinajstić information content (AvgIpc) is 2.26. The number of ether oxygens (including phenoxy) is 1. The molecule has 0 atom stereocenters. The molecule has 0 amide bonds. The quantitative estimate of drug-likeness (QED) is 0.802. The lowest BCUT2D eigenvalue weighted by atomic mass is 10.4. The summed E-state index contributed by atoms with van der Waals surface area (Å²) in [7, 11) is 0. The number of rotatable bonds is 6. The van der Waals surface area contributed by atoms with Gasteiger partial charge in [-0.2, -0.15) is 13.2 Å². The van der Waals surface area contributed by atoms with Crippen LogP contribution in [0, 0.1) is 0 Å². The molecule has 0 spiro atoms. The van der Waals surface area contributed by atoms with Gasteiger partial charge >= 0.3 is 5.51 Å². The summed E-state index contributed by atoms with van der Waals surface area (Å²) in [5, 5.41) is 2.85. The van der Waals surface area contributed by atoms with E-state index in [4.69, 9.17) is 4.74 Å². The van der Waals surface area contributed by atoms with E-state index in [2.05, 4.69) is 10.3 Å². The monoisotopic (exact) mass is 266 g/mol. The van der Waals surface area contributed by atoms with Crippen molar-refractivity contribution in [2.24, 2.45) is 0 Å². The van der Waals surface area contributed by atoms with E-state index in [1.54, 1.807) is 12.1 Å². The lowest BCUT2D eigenvalue weighted by Crippen LogP contribution is -2.09. The fourth-order valence-corrected chi connectivity index (χ4v) is 1.52. The van der Waals surface area contributed by atoms with E-state index in [0.29, 0.717) is 18.2 Å². The zero-order valence-electron chi connectivity index (χ0n) is 9.25. The number of nitrogens with one attached hydrogen (secondary N) is 1. The van der Waals surface area contributed by atoms with E-state index in [-0.39, 0.29) is 24.1 Å². The normalized spacial score (nSPS) is 11.3. The average molecular weight is 266 g/mol. The van der Waals surface area contributed by atoms with Gasteiger partial charge in [-0.05, 0) is 24.8 Å². The first-order valence-corrected chi connectivity index (χ1v) is 6.03. The number of hydrogen-bond donors (Lipinski definition) is 1. The molecule has 7 heteroatoms. The second-order valence-corrected chi connectivity index (χ2v) is 4.20. The van der Waals surface area contributed by atoms with Crippen LogP contribution < -0.4 is 10.1 Å². The van der Waals surface area contributed by atoms with Gasteiger partial charge in [0.1, 0.15) is 0 Å². The fraction of sp³-hybridized carbons (Fsp3) is 0.500. The van der Waals surface area contributed by atoms with Crippen LogP contribution in [0.15, 0.2) is 18.3 Å². The van der Waals surface area contributed by atoms with Crippen LogP contribution in [-0.4, -0.2) is 29.4 Å². The molecule has 0 bridgehead atoms. The molecule has 1 aromatic heterocycles. The van der Waals surface area contributed by atoms with E-state index in [1.807, 2.05) is 6.92 Å². The second kappa shape index (κ2) is 6.58. The van der Waals surface area contributed by atoms with E-state index in [1.165, 1.54) is 6.20 Å². The Morgan fingerprint density at radius 1 is 1.41 bits per heavy atom. The second-order valence-electron chi connectivity index (χ2n) is 3.04. The minimum Gasteiger partial charge on any atom is -0.478 e. The molecule has 0 aliphatic heterocycles. The zero-order chi connectivity index (χ0) is 12.7. The third-order valence-electron chi connectivity index (χ3n) is 1.73. The van der Waals surface area contributed by atoms with E-state index in [9.17, 15) is 13.2 Å². The highest BCUT2D eigenvalue weighted by Gasteiger charge is 2.27. The molecule has 0 unspecified atom stereocenters. The van der Waals surface area contributed by atoms with Gasteiger partial charge in [0.05, 0.1) is 18.5 Å². The molecule has 17 heavy (non-hydrogen) atoms. The van der Waals surface area contributed by atoms with Crippen molar-refractivity contribution in [3.05, 3.63) is 18.3 Å². The van der Waals surface area contributed by atoms with Crippen LogP contribution in [0.1, 0.15) is 6.92 Å². The largest absolute Gasteiger partial charge is 0.478 e. The van der Waals surface area contributed by atoms with Gasteiger partial charge in [0.2, 0.25) is 5.88 Å². The van der Waals surface area contributed by atoms with Crippen LogP contribution in [0.2, 0.25) is 0 Å². The van der Waals surface area contributed by atoms with Crippen LogP contribution in [-0.2, 0) is 0 Å². The smallest absolute Gasteiger partial charge is 0.441 e. The first-order valence-electron chi connectivity index (χ1n) is 5.04. The highest BCUT2D eigenvalue weighted by molar-refractivity contribution is 8.00. The SMILES string of the molecule is CCOc1ccc(NCCSC(F)(F)F)cn1. The first-order chi connectivity index (χ1) is 8.01. The molecule has 1 heterocycles. The van der Waals surface area contributed by atoms with Gasteiger partial charge in [0.25, 0.3) is 0 Å². The van der Waals surface area contributed by atoms with E-state index in [0.717, 1.165) is 0 Å². The molecule has 0 aromatic carbocycles. The number of anilines is 1. The topological polar surface area (TPSA) is 34.1 Å². The molecule has 0 aliphatic carbocycles. The molecular weight excluding hydrogens is 253 g/mol. The van der Waals surface area contributed by atoms with Crippen molar-refractivity contribution >= 4 is 17.4 Å². The predicted molar refractivity (Wildman–Crippen MR) is 62.4 cm³/mol. The Morgan fingerprint density at radius 2 is 2.18 bits per heavy atom. The van der Waals surface area contributed by atoms with Crippen LogP contribution in [0.25, 0.3) is 0 Å². The Balaban J connectivity index is 2.27. The lowest BCUT2D eigenvalue weighted by molar-refractivity contribution is -0.0327. The molecule has 96 valence electrons. The van der Waals surface area contributed by atoms with Gasteiger partial charge in [-0.15, -0.1) is 0 Å². The zero-order valence-corrected chi connectivity index (χ0v) is 10.1. The maximum Gasteiger partial charge on any atom is 0.441 e. The van der Waals surface area contributed by atoms with Crippen molar-refractivity contribution in [2.45, 2.75) is 12.4 Å². The van der Waals surface area contributed by atoms with E-state index >= 15 is 0 Å². The minimum atomic E-state index is -4.17. The van der Waals surface area contributed by atoms with Gasteiger partial charge in [-0.25, -0.2) is 4.98 Å². The molecule has 1 rings (SSSR count). The molecular formula is C10H13F3N2OS. The molecule has 0 fully saturated rings. The van der Waals surface area contributed by atoms with Crippen molar-refractivity contribution in [1.82, 2.24) is 4.98 Å². The summed E-state index contributed by atoms with van der Waals surface area (Å²) in [4.78, 5) is 3.98. The summed E-state index contributed by atoms with van der Waals surface area (Å²) >= 11 is -0.0435. The molecule has 3 nitrogen and oxygen atoms in total. The Bertz CT molecular complexity index is 329. The number of nitrogens with zero attached hydrogens (tertiary/aromatic N) is 1. The van der Waals surface area contributed by atoms with Gasteiger partial charge in [0.15, 0.2) is 0 Å². The Hall–Kier alpha value is -1.11. The van der Waals surface area contributed by atoms with Crippen LogP contribution in [0.5, 0.6) is 5.88 Å². The predicted octanol–water partition coefficient (Wildman–Crippen LogP) is 3.15. The number of halogens is 3. The van der Waals surface area contributed by atoms with Crippen molar-refractivity contribution in [1.29, 1.82) is 0 Å². The Kier molecular flexibility index (Phi) is 5.40. The summed E-state index contributed by atoms with van der Waals surface area (Å²) in [6.45, 7) is 2.62.